The van der Waals surface area contributed by atoms with Gasteiger partial charge in [-0.2, -0.15) is 5.10 Å². The Kier molecular flexibility index (Phi) is 6.36. The van der Waals surface area contributed by atoms with Crippen molar-refractivity contribution in [1.29, 1.82) is 0 Å². The van der Waals surface area contributed by atoms with E-state index in [-0.39, 0.29) is 18.0 Å². The SMILES string of the molecule is CCCCC(C)=NNC(=O)Cc1ccc([N+](=O)[O-])cc1. The molecule has 0 heterocycles. The maximum absolute atomic E-state index is 11.7. The summed E-state index contributed by atoms with van der Waals surface area (Å²) in [5, 5.41) is 14.5. The van der Waals surface area contributed by atoms with Gasteiger partial charge in [-0.25, -0.2) is 5.43 Å². The quantitative estimate of drug-likeness (QED) is 0.472. The van der Waals surface area contributed by atoms with E-state index < -0.39 is 4.92 Å². The molecule has 0 bridgehead atoms. The molecule has 108 valence electrons. The summed E-state index contributed by atoms with van der Waals surface area (Å²) in [7, 11) is 0. The van der Waals surface area contributed by atoms with E-state index in [4.69, 9.17) is 0 Å². The number of nitro benzene ring substituents is 1. The van der Waals surface area contributed by atoms with Crippen LogP contribution in [0, 0.1) is 10.1 Å². The molecule has 1 aromatic rings. The number of non-ortho nitro benzene ring substituents is 1. The lowest BCUT2D eigenvalue weighted by Gasteiger charge is -2.02. The third-order valence-electron chi connectivity index (χ3n) is 2.78. The Morgan fingerprint density at radius 2 is 2.00 bits per heavy atom. The number of carbonyl (C=O) groups is 1. The maximum Gasteiger partial charge on any atom is 0.269 e. The van der Waals surface area contributed by atoms with E-state index in [2.05, 4.69) is 17.5 Å². The van der Waals surface area contributed by atoms with Crippen LogP contribution < -0.4 is 5.43 Å². The second-order valence-electron chi connectivity index (χ2n) is 4.59. The minimum atomic E-state index is -0.467. The fourth-order valence-electron chi connectivity index (χ4n) is 1.61. The summed E-state index contributed by atoms with van der Waals surface area (Å²) in [5.41, 5.74) is 4.12. The van der Waals surface area contributed by atoms with E-state index in [0.29, 0.717) is 0 Å². The van der Waals surface area contributed by atoms with Crippen LogP contribution in [-0.2, 0) is 11.2 Å². The average Bonchev–Trinajstić information content (AvgIpc) is 2.43. The van der Waals surface area contributed by atoms with Crippen molar-refractivity contribution < 1.29 is 9.72 Å². The zero-order valence-electron chi connectivity index (χ0n) is 11.8. The highest BCUT2D eigenvalue weighted by atomic mass is 16.6. The molecule has 0 aliphatic carbocycles. The van der Waals surface area contributed by atoms with Gasteiger partial charge in [-0.3, -0.25) is 14.9 Å². The minimum Gasteiger partial charge on any atom is -0.273 e. The Labute approximate surface area is 118 Å². The number of hydrogen-bond donors (Lipinski definition) is 1. The van der Waals surface area contributed by atoms with Crippen LogP contribution in [0.4, 0.5) is 5.69 Å². The van der Waals surface area contributed by atoms with Gasteiger partial charge in [0.1, 0.15) is 0 Å². The fraction of sp³-hybridized carbons (Fsp3) is 0.429. The van der Waals surface area contributed by atoms with Crippen molar-refractivity contribution in [1.82, 2.24) is 5.43 Å². The highest BCUT2D eigenvalue weighted by molar-refractivity contribution is 5.85. The summed E-state index contributed by atoms with van der Waals surface area (Å²) in [5.74, 6) is -0.227. The molecular weight excluding hydrogens is 258 g/mol. The first-order valence-corrected chi connectivity index (χ1v) is 6.58. The predicted molar refractivity (Wildman–Crippen MR) is 77.6 cm³/mol. The number of benzene rings is 1. The molecule has 1 amide bonds. The molecule has 0 spiro atoms. The van der Waals surface area contributed by atoms with Crippen LogP contribution in [0.3, 0.4) is 0 Å². The molecule has 0 saturated heterocycles. The molecule has 6 heteroatoms. The zero-order valence-corrected chi connectivity index (χ0v) is 11.8. The molecule has 0 radical (unpaired) electrons. The molecule has 1 N–H and O–H groups in total. The van der Waals surface area contributed by atoms with E-state index in [1.807, 2.05) is 6.92 Å². The number of nitrogens with one attached hydrogen (secondary N) is 1. The van der Waals surface area contributed by atoms with Crippen LogP contribution in [0.2, 0.25) is 0 Å². The number of nitro groups is 1. The normalized spacial score (nSPS) is 11.2. The summed E-state index contributed by atoms with van der Waals surface area (Å²) in [6, 6.07) is 5.92. The lowest BCUT2D eigenvalue weighted by molar-refractivity contribution is -0.384. The zero-order chi connectivity index (χ0) is 15.0. The summed E-state index contributed by atoms with van der Waals surface area (Å²) in [6.07, 6.45) is 3.16. The van der Waals surface area contributed by atoms with Crippen molar-refractivity contribution in [3.05, 3.63) is 39.9 Å². The first kappa shape index (κ1) is 15.8. The van der Waals surface area contributed by atoms with Gasteiger partial charge in [0.25, 0.3) is 5.69 Å². The monoisotopic (exact) mass is 277 g/mol. The van der Waals surface area contributed by atoms with Crippen molar-refractivity contribution in [3.63, 3.8) is 0 Å². The van der Waals surface area contributed by atoms with E-state index in [1.54, 1.807) is 12.1 Å². The largest absolute Gasteiger partial charge is 0.273 e. The van der Waals surface area contributed by atoms with Crippen LogP contribution >= 0.6 is 0 Å². The summed E-state index contributed by atoms with van der Waals surface area (Å²) >= 11 is 0. The van der Waals surface area contributed by atoms with Crippen LogP contribution in [0.1, 0.15) is 38.7 Å². The Morgan fingerprint density at radius 1 is 1.35 bits per heavy atom. The molecule has 6 nitrogen and oxygen atoms in total. The minimum absolute atomic E-state index is 0.0163. The second-order valence-corrected chi connectivity index (χ2v) is 4.59. The number of rotatable bonds is 7. The fourth-order valence-corrected chi connectivity index (χ4v) is 1.61. The van der Waals surface area contributed by atoms with Gasteiger partial charge in [-0.15, -0.1) is 0 Å². The van der Waals surface area contributed by atoms with Crippen molar-refractivity contribution in [2.24, 2.45) is 5.10 Å². The molecule has 0 unspecified atom stereocenters. The molecular formula is C14H19N3O3. The number of hydrazone groups is 1. The third-order valence-corrected chi connectivity index (χ3v) is 2.78. The third kappa shape index (κ3) is 5.60. The second kappa shape index (κ2) is 8.04. The van der Waals surface area contributed by atoms with Gasteiger partial charge in [0, 0.05) is 17.8 Å². The number of amides is 1. The Morgan fingerprint density at radius 3 is 2.55 bits per heavy atom. The lowest BCUT2D eigenvalue weighted by Crippen LogP contribution is -2.21. The summed E-state index contributed by atoms with van der Waals surface area (Å²) in [4.78, 5) is 21.7. The predicted octanol–water partition coefficient (Wildman–Crippen LogP) is 2.82. The van der Waals surface area contributed by atoms with Crippen molar-refractivity contribution in [2.75, 3.05) is 0 Å². The molecule has 0 aliphatic heterocycles. The van der Waals surface area contributed by atoms with Gasteiger partial charge in [-0.05, 0) is 25.3 Å². The topological polar surface area (TPSA) is 84.6 Å². The average molecular weight is 277 g/mol. The molecule has 0 aromatic heterocycles. The smallest absolute Gasteiger partial charge is 0.269 e. The van der Waals surface area contributed by atoms with Crippen LogP contribution in [0.5, 0.6) is 0 Å². The Balaban J connectivity index is 2.48. The number of hydrogen-bond acceptors (Lipinski definition) is 4. The van der Waals surface area contributed by atoms with Gasteiger partial charge in [0.05, 0.1) is 11.3 Å². The number of unbranched alkanes of at least 4 members (excludes halogenated alkanes) is 1. The van der Waals surface area contributed by atoms with E-state index in [9.17, 15) is 14.9 Å². The van der Waals surface area contributed by atoms with E-state index in [0.717, 1.165) is 30.5 Å². The molecule has 1 aromatic carbocycles. The molecule has 0 saturated carbocycles. The van der Waals surface area contributed by atoms with E-state index >= 15 is 0 Å². The Bertz CT molecular complexity index is 495. The van der Waals surface area contributed by atoms with Gasteiger partial charge in [-0.1, -0.05) is 25.5 Å². The lowest BCUT2D eigenvalue weighted by atomic mass is 10.1. The highest BCUT2D eigenvalue weighted by Gasteiger charge is 2.06. The first-order chi connectivity index (χ1) is 9.52. The van der Waals surface area contributed by atoms with Gasteiger partial charge in [0.2, 0.25) is 5.91 Å². The van der Waals surface area contributed by atoms with Crippen LogP contribution in [0.15, 0.2) is 29.4 Å². The van der Waals surface area contributed by atoms with Crippen molar-refractivity contribution in [3.8, 4) is 0 Å². The number of nitrogens with zero attached hydrogens (tertiary/aromatic N) is 2. The van der Waals surface area contributed by atoms with Gasteiger partial charge >= 0.3 is 0 Å². The standard InChI is InChI=1S/C14H19N3O3/c1-3-4-5-11(2)15-16-14(18)10-12-6-8-13(9-7-12)17(19)20/h6-9H,3-5,10H2,1-2H3,(H,16,18). The van der Waals surface area contributed by atoms with E-state index in [1.165, 1.54) is 12.1 Å². The first-order valence-electron chi connectivity index (χ1n) is 6.58. The van der Waals surface area contributed by atoms with Crippen LogP contribution in [-0.4, -0.2) is 16.5 Å². The summed E-state index contributed by atoms with van der Waals surface area (Å²) < 4.78 is 0. The van der Waals surface area contributed by atoms with Crippen molar-refractivity contribution in [2.45, 2.75) is 39.5 Å². The van der Waals surface area contributed by atoms with Crippen LogP contribution in [0.25, 0.3) is 0 Å². The van der Waals surface area contributed by atoms with Gasteiger partial charge in [0.15, 0.2) is 0 Å². The molecule has 0 aliphatic rings. The Hall–Kier alpha value is -2.24. The molecule has 0 fully saturated rings. The molecule has 20 heavy (non-hydrogen) atoms. The number of carbonyl (C=O) groups excluding carboxylic acids is 1. The summed E-state index contributed by atoms with van der Waals surface area (Å²) in [6.45, 7) is 3.97. The molecule has 0 atom stereocenters. The highest BCUT2D eigenvalue weighted by Crippen LogP contribution is 2.12. The maximum atomic E-state index is 11.7. The van der Waals surface area contributed by atoms with Gasteiger partial charge < -0.3 is 0 Å². The molecule has 1 rings (SSSR count). The van der Waals surface area contributed by atoms with Crippen molar-refractivity contribution >= 4 is 17.3 Å².